The molecule has 0 aliphatic heterocycles. The normalized spacial score (nSPS) is 11.1. The zero-order valence-electron chi connectivity index (χ0n) is 14.9. The minimum Gasteiger partial charge on any atom is -0.494 e. The number of fused-ring (bicyclic) bond motifs is 2. The number of unbranched alkanes of at least 4 members (excludes halogenated alkanes) is 1. The maximum absolute atomic E-state index is 11.3. The van der Waals surface area contributed by atoms with Crippen molar-refractivity contribution < 1.29 is 4.74 Å². The number of hydrogen-bond donors (Lipinski definition) is 1. The highest BCUT2D eigenvalue weighted by molar-refractivity contribution is 7.99. The summed E-state index contributed by atoms with van der Waals surface area (Å²) < 4.78 is 5.84. The molecule has 0 amide bonds. The van der Waals surface area contributed by atoms with E-state index >= 15 is 0 Å². The van der Waals surface area contributed by atoms with E-state index in [4.69, 9.17) is 4.74 Å². The minimum atomic E-state index is -0.0884. The number of pyridine rings is 2. The van der Waals surface area contributed by atoms with E-state index in [1.165, 1.54) is 11.5 Å². The molecule has 2 heterocycles. The fourth-order valence-electron chi connectivity index (χ4n) is 2.92. The van der Waals surface area contributed by atoms with Crippen LogP contribution >= 0.6 is 11.8 Å². The van der Waals surface area contributed by atoms with Crippen LogP contribution in [0.25, 0.3) is 21.8 Å². The number of para-hydroxylation sites is 1. The van der Waals surface area contributed by atoms with E-state index in [2.05, 4.69) is 28.2 Å². The summed E-state index contributed by atoms with van der Waals surface area (Å²) in [6.45, 7) is 0.681. The van der Waals surface area contributed by atoms with Crippen LogP contribution < -0.4 is 10.3 Å². The van der Waals surface area contributed by atoms with Gasteiger partial charge in [0.25, 0.3) is 0 Å². The van der Waals surface area contributed by atoms with E-state index in [0.29, 0.717) is 6.61 Å². The summed E-state index contributed by atoms with van der Waals surface area (Å²) in [6, 6.07) is 21.5. The molecule has 0 fully saturated rings. The topological polar surface area (TPSA) is 55.0 Å². The summed E-state index contributed by atoms with van der Waals surface area (Å²) >= 11 is 1.78. The Morgan fingerprint density at radius 3 is 2.78 bits per heavy atom. The number of ether oxygens (including phenoxy) is 1. The van der Waals surface area contributed by atoms with E-state index in [0.717, 1.165) is 45.8 Å². The summed E-state index contributed by atoms with van der Waals surface area (Å²) in [6.07, 6.45) is 2.06. The lowest BCUT2D eigenvalue weighted by Crippen LogP contribution is -2.02. The maximum atomic E-state index is 11.3. The van der Waals surface area contributed by atoms with Crippen molar-refractivity contribution in [2.24, 2.45) is 0 Å². The summed E-state index contributed by atoms with van der Waals surface area (Å²) in [4.78, 5) is 18.8. The molecule has 0 saturated carbocycles. The standard InChI is InChI=1S/C22H20N2O2S/c25-21-11-7-17-15-18(9-10-20(17)23-21)26-13-3-4-14-27-22-12-8-16-5-1-2-6-19(16)24-22/h1-2,5-12,15H,3-4,13-14H2,(H,23,25). The maximum Gasteiger partial charge on any atom is 0.248 e. The molecule has 5 heteroatoms. The fourth-order valence-corrected chi connectivity index (χ4v) is 3.81. The number of thioether (sulfide) groups is 1. The zero-order chi connectivity index (χ0) is 18.5. The van der Waals surface area contributed by atoms with Crippen LogP contribution in [0.3, 0.4) is 0 Å². The molecule has 0 aliphatic rings. The molecule has 4 aromatic rings. The molecule has 2 aromatic carbocycles. The van der Waals surface area contributed by atoms with Crippen molar-refractivity contribution in [3.8, 4) is 5.75 Å². The van der Waals surface area contributed by atoms with Gasteiger partial charge in [-0.3, -0.25) is 4.79 Å². The molecule has 0 unspecified atom stereocenters. The van der Waals surface area contributed by atoms with Crippen molar-refractivity contribution in [1.82, 2.24) is 9.97 Å². The minimum absolute atomic E-state index is 0.0884. The SMILES string of the molecule is O=c1ccc2cc(OCCCCSc3ccc4ccccc4n3)ccc2[nH]1. The van der Waals surface area contributed by atoms with Gasteiger partial charge in [-0.2, -0.15) is 0 Å². The first kappa shape index (κ1) is 17.6. The lowest BCUT2D eigenvalue weighted by Gasteiger charge is -2.07. The molecular formula is C22H20N2O2S. The third-order valence-corrected chi connectivity index (χ3v) is 5.34. The number of H-pyrrole nitrogens is 1. The van der Waals surface area contributed by atoms with Crippen molar-refractivity contribution in [1.29, 1.82) is 0 Å². The number of benzene rings is 2. The number of nitrogens with zero attached hydrogens (tertiary/aromatic N) is 1. The van der Waals surface area contributed by atoms with Crippen LogP contribution in [0, 0.1) is 0 Å². The first-order valence-electron chi connectivity index (χ1n) is 9.02. The Labute approximate surface area is 161 Å². The quantitative estimate of drug-likeness (QED) is 0.363. The molecule has 136 valence electrons. The molecule has 0 saturated heterocycles. The van der Waals surface area contributed by atoms with E-state index in [1.807, 2.05) is 42.5 Å². The smallest absolute Gasteiger partial charge is 0.248 e. The average molecular weight is 376 g/mol. The van der Waals surface area contributed by atoms with Crippen LogP contribution in [0.2, 0.25) is 0 Å². The van der Waals surface area contributed by atoms with Gasteiger partial charge in [-0.05, 0) is 55.0 Å². The molecule has 0 spiro atoms. The van der Waals surface area contributed by atoms with Gasteiger partial charge in [0.1, 0.15) is 5.75 Å². The van der Waals surface area contributed by atoms with Gasteiger partial charge in [-0.1, -0.05) is 24.3 Å². The Kier molecular flexibility index (Phi) is 5.39. The van der Waals surface area contributed by atoms with Crippen molar-refractivity contribution in [3.05, 3.63) is 77.1 Å². The number of nitrogens with one attached hydrogen (secondary N) is 1. The Hall–Kier alpha value is -2.79. The predicted molar refractivity (Wildman–Crippen MR) is 112 cm³/mol. The second-order valence-electron chi connectivity index (χ2n) is 6.32. The van der Waals surface area contributed by atoms with Gasteiger partial charge in [-0.15, -0.1) is 11.8 Å². The van der Waals surface area contributed by atoms with Crippen molar-refractivity contribution >= 4 is 33.6 Å². The second kappa shape index (κ2) is 8.27. The Balaban J connectivity index is 1.23. The van der Waals surface area contributed by atoms with Crippen LogP contribution in [-0.2, 0) is 0 Å². The molecule has 2 aromatic heterocycles. The van der Waals surface area contributed by atoms with Gasteiger partial charge in [0, 0.05) is 22.4 Å². The highest BCUT2D eigenvalue weighted by Crippen LogP contribution is 2.21. The van der Waals surface area contributed by atoms with Crippen LogP contribution in [0.1, 0.15) is 12.8 Å². The monoisotopic (exact) mass is 376 g/mol. The molecule has 0 atom stereocenters. The molecule has 4 rings (SSSR count). The van der Waals surface area contributed by atoms with Gasteiger partial charge >= 0.3 is 0 Å². The lowest BCUT2D eigenvalue weighted by molar-refractivity contribution is 0.310. The molecule has 0 aliphatic carbocycles. The van der Waals surface area contributed by atoms with Crippen LogP contribution in [0.5, 0.6) is 5.75 Å². The summed E-state index contributed by atoms with van der Waals surface area (Å²) in [5.74, 6) is 1.85. The third-order valence-electron chi connectivity index (χ3n) is 4.33. The van der Waals surface area contributed by atoms with Crippen LogP contribution in [0.4, 0.5) is 0 Å². The van der Waals surface area contributed by atoms with Crippen LogP contribution in [-0.4, -0.2) is 22.3 Å². The molecule has 4 nitrogen and oxygen atoms in total. The summed E-state index contributed by atoms with van der Waals surface area (Å²) in [5.41, 5.74) is 1.78. The highest BCUT2D eigenvalue weighted by Gasteiger charge is 2.01. The zero-order valence-corrected chi connectivity index (χ0v) is 15.7. The van der Waals surface area contributed by atoms with E-state index in [-0.39, 0.29) is 5.56 Å². The first-order valence-corrected chi connectivity index (χ1v) is 10.0. The second-order valence-corrected chi connectivity index (χ2v) is 7.43. The van der Waals surface area contributed by atoms with Crippen molar-refractivity contribution in [2.75, 3.05) is 12.4 Å². The molecule has 0 bridgehead atoms. The Bertz CT molecular complexity index is 1120. The Morgan fingerprint density at radius 2 is 1.81 bits per heavy atom. The third kappa shape index (κ3) is 4.49. The van der Waals surface area contributed by atoms with E-state index in [1.54, 1.807) is 11.8 Å². The number of aromatic nitrogens is 2. The van der Waals surface area contributed by atoms with Crippen molar-refractivity contribution in [3.63, 3.8) is 0 Å². The van der Waals surface area contributed by atoms with E-state index < -0.39 is 0 Å². The number of rotatable bonds is 7. The van der Waals surface area contributed by atoms with Gasteiger partial charge in [0.2, 0.25) is 5.56 Å². The fraction of sp³-hybridized carbons (Fsp3) is 0.182. The largest absolute Gasteiger partial charge is 0.494 e. The van der Waals surface area contributed by atoms with E-state index in [9.17, 15) is 4.79 Å². The number of hydrogen-bond acceptors (Lipinski definition) is 4. The first-order chi connectivity index (χ1) is 13.3. The van der Waals surface area contributed by atoms with Gasteiger partial charge < -0.3 is 9.72 Å². The lowest BCUT2D eigenvalue weighted by atomic mass is 10.2. The molecule has 0 radical (unpaired) electrons. The predicted octanol–water partition coefficient (Wildman–Crippen LogP) is 5.03. The van der Waals surface area contributed by atoms with Crippen LogP contribution in [0.15, 0.2) is 76.6 Å². The highest BCUT2D eigenvalue weighted by atomic mass is 32.2. The number of aromatic amines is 1. The molecule has 27 heavy (non-hydrogen) atoms. The van der Waals surface area contributed by atoms with Gasteiger partial charge in [-0.25, -0.2) is 4.98 Å². The average Bonchev–Trinajstić information content (AvgIpc) is 2.70. The molecular weight excluding hydrogens is 356 g/mol. The summed E-state index contributed by atoms with van der Waals surface area (Å²) in [5, 5.41) is 3.22. The van der Waals surface area contributed by atoms with Crippen molar-refractivity contribution in [2.45, 2.75) is 17.9 Å². The molecule has 1 N–H and O–H groups in total. The van der Waals surface area contributed by atoms with Gasteiger partial charge in [0.05, 0.1) is 17.1 Å². The van der Waals surface area contributed by atoms with Gasteiger partial charge in [0.15, 0.2) is 0 Å². The Morgan fingerprint density at radius 1 is 0.926 bits per heavy atom. The summed E-state index contributed by atoms with van der Waals surface area (Å²) in [7, 11) is 0.